The van der Waals surface area contributed by atoms with Gasteiger partial charge in [0.25, 0.3) is 0 Å². The minimum absolute atomic E-state index is 0.808. The predicted octanol–water partition coefficient (Wildman–Crippen LogP) is 6.00. The summed E-state index contributed by atoms with van der Waals surface area (Å²) in [7, 11) is 3.34. The van der Waals surface area contributed by atoms with Crippen LogP contribution in [0.4, 0.5) is 0 Å². The van der Waals surface area contributed by atoms with Gasteiger partial charge >= 0.3 is 0 Å². The molecule has 0 spiro atoms. The maximum Gasteiger partial charge on any atom is 0.137 e. The summed E-state index contributed by atoms with van der Waals surface area (Å²) < 4.78 is 15.0. The third kappa shape index (κ3) is 3.19. The van der Waals surface area contributed by atoms with Gasteiger partial charge in [-0.2, -0.15) is 0 Å². The Balaban J connectivity index is 1.68. The van der Waals surface area contributed by atoms with Crippen molar-refractivity contribution in [3.05, 3.63) is 97.3 Å². The van der Waals surface area contributed by atoms with Gasteiger partial charge in [-0.3, -0.25) is 8.80 Å². The lowest BCUT2D eigenvalue weighted by Crippen LogP contribution is -1.96. The highest BCUT2D eigenvalue weighted by Gasteiger charge is 2.24. The average molecular weight is 447 g/mol. The van der Waals surface area contributed by atoms with Gasteiger partial charge in [0.2, 0.25) is 0 Å². The van der Waals surface area contributed by atoms with E-state index in [1.807, 2.05) is 97.3 Å². The van der Waals surface area contributed by atoms with Gasteiger partial charge in [-0.1, -0.05) is 12.1 Å². The molecule has 0 atom stereocenters. The topological polar surface area (TPSA) is 53.1 Å². The first-order valence-electron chi connectivity index (χ1n) is 11.0. The first-order chi connectivity index (χ1) is 16.8. The molecule has 0 amide bonds. The molecule has 4 aromatic heterocycles. The third-order valence-electron chi connectivity index (χ3n) is 6.01. The number of aromatic nitrogens is 4. The molecule has 2 aromatic carbocycles. The lowest BCUT2D eigenvalue weighted by Gasteiger charge is -2.10. The van der Waals surface area contributed by atoms with Gasteiger partial charge in [0.05, 0.1) is 37.0 Å². The number of ether oxygens (including phenoxy) is 2. The minimum Gasteiger partial charge on any atom is -0.497 e. The van der Waals surface area contributed by atoms with E-state index in [0.717, 1.165) is 56.7 Å². The summed E-state index contributed by atoms with van der Waals surface area (Å²) in [4.78, 5) is 10.0. The van der Waals surface area contributed by atoms with Crippen LogP contribution in [0.5, 0.6) is 11.5 Å². The molecule has 6 heteroatoms. The number of methoxy groups -OCH3 is 2. The van der Waals surface area contributed by atoms with E-state index >= 15 is 0 Å². The van der Waals surface area contributed by atoms with E-state index in [0.29, 0.717) is 0 Å². The van der Waals surface area contributed by atoms with Gasteiger partial charge < -0.3 is 9.47 Å². The molecule has 6 rings (SSSR count). The summed E-state index contributed by atoms with van der Waals surface area (Å²) >= 11 is 0. The van der Waals surface area contributed by atoms with Crippen LogP contribution in [0.2, 0.25) is 0 Å². The SMILES string of the molecule is COc1ccc(-c2nc3ccccn3c2-c2c(-c3ccc(OC)cc3)nc3ccccn23)cc1. The molecule has 34 heavy (non-hydrogen) atoms. The molecule has 0 saturated heterocycles. The third-order valence-corrected chi connectivity index (χ3v) is 6.01. The largest absolute Gasteiger partial charge is 0.497 e. The van der Waals surface area contributed by atoms with Crippen molar-refractivity contribution in [2.45, 2.75) is 0 Å². The van der Waals surface area contributed by atoms with E-state index < -0.39 is 0 Å². The van der Waals surface area contributed by atoms with Gasteiger partial charge in [0, 0.05) is 23.5 Å². The summed E-state index contributed by atoms with van der Waals surface area (Å²) in [6.45, 7) is 0. The number of hydrogen-bond acceptors (Lipinski definition) is 4. The van der Waals surface area contributed by atoms with Crippen LogP contribution >= 0.6 is 0 Å². The quantitative estimate of drug-likeness (QED) is 0.326. The normalized spacial score (nSPS) is 11.2. The summed E-state index contributed by atoms with van der Waals surface area (Å²) in [5.74, 6) is 1.62. The van der Waals surface area contributed by atoms with Crippen molar-refractivity contribution in [2.75, 3.05) is 14.2 Å². The number of fused-ring (bicyclic) bond motifs is 2. The smallest absolute Gasteiger partial charge is 0.137 e. The Hall–Kier alpha value is -4.58. The first-order valence-corrected chi connectivity index (χ1v) is 11.0. The van der Waals surface area contributed by atoms with Crippen LogP contribution in [0.25, 0.3) is 45.2 Å². The summed E-state index contributed by atoms with van der Waals surface area (Å²) in [5.41, 5.74) is 7.47. The molecule has 0 aliphatic rings. The van der Waals surface area contributed by atoms with E-state index in [1.165, 1.54) is 0 Å². The molecule has 6 nitrogen and oxygen atoms in total. The molecule has 166 valence electrons. The molecule has 0 bridgehead atoms. The Morgan fingerprint density at radius 3 is 1.32 bits per heavy atom. The van der Waals surface area contributed by atoms with Crippen molar-refractivity contribution in [3.8, 4) is 45.4 Å². The Bertz CT molecular complexity index is 1490. The van der Waals surface area contributed by atoms with Gasteiger partial charge in [-0.25, -0.2) is 9.97 Å². The Labute approximate surface area is 196 Å². The second kappa shape index (κ2) is 8.08. The Morgan fingerprint density at radius 1 is 0.529 bits per heavy atom. The fourth-order valence-corrected chi connectivity index (χ4v) is 4.34. The van der Waals surface area contributed by atoms with E-state index in [9.17, 15) is 0 Å². The van der Waals surface area contributed by atoms with Gasteiger partial charge in [0.15, 0.2) is 0 Å². The number of imidazole rings is 2. The van der Waals surface area contributed by atoms with Crippen LogP contribution in [0.15, 0.2) is 97.3 Å². The van der Waals surface area contributed by atoms with Crippen molar-refractivity contribution in [1.82, 2.24) is 18.8 Å². The predicted molar refractivity (Wildman–Crippen MR) is 133 cm³/mol. The number of rotatable bonds is 5. The van der Waals surface area contributed by atoms with Crippen molar-refractivity contribution in [2.24, 2.45) is 0 Å². The molecule has 0 radical (unpaired) electrons. The van der Waals surface area contributed by atoms with Crippen LogP contribution in [-0.4, -0.2) is 33.0 Å². The van der Waals surface area contributed by atoms with E-state index in [2.05, 4.69) is 8.80 Å². The van der Waals surface area contributed by atoms with E-state index in [4.69, 9.17) is 19.4 Å². The maximum atomic E-state index is 5.37. The zero-order chi connectivity index (χ0) is 23.1. The van der Waals surface area contributed by atoms with Crippen LogP contribution in [0.3, 0.4) is 0 Å². The van der Waals surface area contributed by atoms with Gasteiger partial charge in [-0.15, -0.1) is 0 Å². The second-order valence-electron chi connectivity index (χ2n) is 7.93. The lowest BCUT2D eigenvalue weighted by atomic mass is 10.0. The first kappa shape index (κ1) is 20.1. The fraction of sp³-hybridized carbons (Fsp3) is 0.0714. The number of pyridine rings is 2. The van der Waals surface area contributed by atoms with Gasteiger partial charge in [0.1, 0.15) is 22.8 Å². The van der Waals surface area contributed by atoms with Crippen LogP contribution in [-0.2, 0) is 0 Å². The number of nitrogens with zero attached hydrogens (tertiary/aromatic N) is 4. The highest BCUT2D eigenvalue weighted by molar-refractivity contribution is 5.89. The summed E-state index contributed by atoms with van der Waals surface area (Å²) in [6.07, 6.45) is 4.09. The molecule has 4 heterocycles. The zero-order valence-corrected chi connectivity index (χ0v) is 18.8. The molecule has 0 N–H and O–H groups in total. The maximum absolute atomic E-state index is 5.37. The summed E-state index contributed by atoms with van der Waals surface area (Å²) in [5, 5.41) is 0. The van der Waals surface area contributed by atoms with Crippen LogP contribution < -0.4 is 9.47 Å². The number of benzene rings is 2. The van der Waals surface area contributed by atoms with E-state index in [1.54, 1.807) is 14.2 Å². The minimum atomic E-state index is 0.808. The molecular weight excluding hydrogens is 424 g/mol. The molecule has 0 saturated carbocycles. The zero-order valence-electron chi connectivity index (χ0n) is 18.8. The molecular formula is C28H22N4O2. The highest BCUT2D eigenvalue weighted by Crippen LogP contribution is 2.39. The molecule has 0 fully saturated rings. The second-order valence-corrected chi connectivity index (χ2v) is 7.93. The molecule has 0 aliphatic carbocycles. The molecule has 6 aromatic rings. The molecule has 0 aliphatic heterocycles. The van der Waals surface area contributed by atoms with Crippen molar-refractivity contribution >= 4 is 11.3 Å². The van der Waals surface area contributed by atoms with E-state index in [-0.39, 0.29) is 0 Å². The Kier molecular flexibility index (Phi) is 4.77. The van der Waals surface area contributed by atoms with Gasteiger partial charge in [-0.05, 0) is 72.8 Å². The van der Waals surface area contributed by atoms with Crippen LogP contribution in [0, 0.1) is 0 Å². The van der Waals surface area contributed by atoms with Crippen molar-refractivity contribution < 1.29 is 9.47 Å². The lowest BCUT2D eigenvalue weighted by molar-refractivity contribution is 0.415. The number of hydrogen-bond donors (Lipinski definition) is 0. The van der Waals surface area contributed by atoms with Crippen LogP contribution in [0.1, 0.15) is 0 Å². The Morgan fingerprint density at radius 2 is 0.941 bits per heavy atom. The fourth-order valence-electron chi connectivity index (χ4n) is 4.34. The van der Waals surface area contributed by atoms with Crippen molar-refractivity contribution in [1.29, 1.82) is 0 Å². The monoisotopic (exact) mass is 446 g/mol. The summed E-state index contributed by atoms with van der Waals surface area (Å²) in [6, 6.07) is 28.1. The standard InChI is InChI=1S/C28H22N4O2/c1-33-21-13-9-19(10-14-21)25-27(31-17-5-3-7-23(31)29-25)28-26(20-11-15-22(34-2)16-12-20)30-24-8-4-6-18-32(24)28/h3-18H,1-2H3. The molecule has 0 unspecified atom stereocenters. The van der Waals surface area contributed by atoms with Crippen molar-refractivity contribution in [3.63, 3.8) is 0 Å². The highest BCUT2D eigenvalue weighted by atomic mass is 16.5. The average Bonchev–Trinajstić information content (AvgIpc) is 3.47.